The monoisotopic (exact) mass is 551 g/mol. The molecule has 0 unspecified atom stereocenters. The number of ether oxygens (including phenoxy) is 1. The molecule has 9 nitrogen and oxygen atoms in total. The summed E-state index contributed by atoms with van der Waals surface area (Å²) in [4.78, 5) is 30.1. The summed E-state index contributed by atoms with van der Waals surface area (Å²) in [6, 6.07) is 10.7. The molecule has 3 fully saturated rings. The fourth-order valence-electron chi connectivity index (χ4n) is 5.81. The van der Waals surface area contributed by atoms with Crippen LogP contribution >= 0.6 is 0 Å². The Bertz CT molecular complexity index is 1160. The van der Waals surface area contributed by atoms with Crippen LogP contribution in [0, 0.1) is 5.92 Å². The van der Waals surface area contributed by atoms with E-state index in [1.807, 2.05) is 13.8 Å². The van der Waals surface area contributed by atoms with Crippen LogP contribution in [0.1, 0.15) is 109 Å². The summed E-state index contributed by atoms with van der Waals surface area (Å²) in [7, 11) is 0. The van der Waals surface area contributed by atoms with E-state index in [2.05, 4.69) is 51.4 Å². The van der Waals surface area contributed by atoms with Crippen LogP contribution in [0.3, 0.4) is 0 Å². The topological polar surface area (TPSA) is 118 Å². The molecule has 0 bridgehead atoms. The normalized spacial score (nSPS) is 26.1. The Labute approximate surface area is 237 Å². The Morgan fingerprint density at radius 1 is 1.10 bits per heavy atom. The quantitative estimate of drug-likeness (QED) is 0.383. The summed E-state index contributed by atoms with van der Waals surface area (Å²) < 4.78 is 11.1. The van der Waals surface area contributed by atoms with E-state index in [0.717, 1.165) is 56.8 Å². The van der Waals surface area contributed by atoms with Crippen LogP contribution in [0.4, 0.5) is 4.79 Å². The number of hydrogen-bond acceptors (Lipinski definition) is 7. The third-order valence-corrected chi connectivity index (χ3v) is 8.53. The number of benzene rings is 1. The Morgan fingerprint density at radius 2 is 1.80 bits per heavy atom. The van der Waals surface area contributed by atoms with Crippen LogP contribution in [0.2, 0.25) is 0 Å². The molecule has 3 saturated carbocycles. The lowest BCUT2D eigenvalue weighted by Gasteiger charge is -2.30. The van der Waals surface area contributed by atoms with E-state index in [-0.39, 0.29) is 29.2 Å². The molecule has 0 saturated heterocycles. The van der Waals surface area contributed by atoms with Gasteiger partial charge in [0.2, 0.25) is 11.8 Å². The first-order valence-electron chi connectivity index (χ1n) is 15.0. The van der Waals surface area contributed by atoms with Crippen molar-refractivity contribution in [3.63, 3.8) is 0 Å². The van der Waals surface area contributed by atoms with Gasteiger partial charge in [0.1, 0.15) is 11.6 Å². The fraction of sp³-hybridized carbons (Fsp3) is 0.677. The molecular weight excluding hydrogens is 506 g/mol. The molecule has 3 aliphatic carbocycles. The van der Waals surface area contributed by atoms with Gasteiger partial charge in [-0.15, -0.1) is 0 Å². The highest BCUT2D eigenvalue weighted by Crippen LogP contribution is 2.48. The summed E-state index contributed by atoms with van der Waals surface area (Å²) in [5.74, 6) is 2.16. The number of aromatic nitrogens is 2. The van der Waals surface area contributed by atoms with Crippen LogP contribution in [0.5, 0.6) is 0 Å². The van der Waals surface area contributed by atoms with Crippen molar-refractivity contribution in [1.29, 1.82) is 0 Å². The van der Waals surface area contributed by atoms with E-state index in [1.165, 1.54) is 12.0 Å². The molecule has 1 aromatic heterocycles. The van der Waals surface area contributed by atoms with Crippen molar-refractivity contribution in [2.75, 3.05) is 6.54 Å². The van der Waals surface area contributed by atoms with Gasteiger partial charge in [0.25, 0.3) is 0 Å². The Hall–Kier alpha value is -2.94. The van der Waals surface area contributed by atoms with Crippen molar-refractivity contribution in [2.45, 2.75) is 121 Å². The highest BCUT2D eigenvalue weighted by atomic mass is 16.6. The lowest BCUT2D eigenvalue weighted by Crippen LogP contribution is -2.53. The van der Waals surface area contributed by atoms with Crippen LogP contribution in [0.25, 0.3) is 0 Å². The first-order valence-corrected chi connectivity index (χ1v) is 15.0. The maximum absolute atomic E-state index is 13.0. The molecule has 3 atom stereocenters. The molecule has 5 rings (SSSR count). The van der Waals surface area contributed by atoms with Crippen LogP contribution in [0.15, 0.2) is 34.9 Å². The number of carbonyl (C=O) groups excluding carboxylic acids is 2. The molecule has 2 amide bonds. The van der Waals surface area contributed by atoms with E-state index in [4.69, 9.17) is 14.2 Å². The van der Waals surface area contributed by atoms with Gasteiger partial charge in [0, 0.05) is 35.9 Å². The van der Waals surface area contributed by atoms with Gasteiger partial charge in [-0.2, -0.15) is 4.98 Å². The molecule has 0 aliphatic heterocycles. The van der Waals surface area contributed by atoms with Crippen molar-refractivity contribution in [3.05, 3.63) is 47.6 Å². The van der Waals surface area contributed by atoms with E-state index >= 15 is 0 Å². The predicted octanol–water partition coefficient (Wildman–Crippen LogP) is 4.94. The number of amides is 2. The van der Waals surface area contributed by atoms with Crippen LogP contribution in [-0.2, 0) is 14.9 Å². The highest BCUT2D eigenvalue weighted by molar-refractivity contribution is 5.86. The number of carbonyl (C=O) groups is 2. The number of hydrogen-bond donors (Lipinski definition) is 3. The third-order valence-electron chi connectivity index (χ3n) is 8.53. The van der Waals surface area contributed by atoms with Gasteiger partial charge >= 0.3 is 6.09 Å². The summed E-state index contributed by atoms with van der Waals surface area (Å²) in [6.07, 6.45) is 6.22. The molecule has 3 aliphatic rings. The third kappa shape index (κ3) is 7.03. The highest BCUT2D eigenvalue weighted by Gasteiger charge is 2.50. The molecule has 1 aromatic carbocycles. The van der Waals surface area contributed by atoms with Gasteiger partial charge in [0.15, 0.2) is 5.82 Å². The fourth-order valence-corrected chi connectivity index (χ4v) is 5.81. The van der Waals surface area contributed by atoms with Crippen LogP contribution < -0.4 is 16.0 Å². The van der Waals surface area contributed by atoms with E-state index in [1.54, 1.807) is 20.8 Å². The molecule has 40 heavy (non-hydrogen) atoms. The number of rotatable bonds is 10. The molecule has 1 heterocycles. The largest absolute Gasteiger partial charge is 0.444 e. The minimum Gasteiger partial charge on any atom is -0.444 e. The standard InChI is InChI=1S/C31H45N5O4/c1-19(2)25(34-29(38)39-30(3,4)5)26(37)33-22-13-11-21(12-14-22)27-35-28(36-40-27)31(15-16-31)18-32-24-17-23(24)20-9-7-6-8-10-20/h6-10,19,21-25,32H,11-18H2,1-5H3,(H,33,37)(H,34,38)/t21?,22?,23-,24+,25-/m0/s1. The number of alkyl carbamates (subject to hydrolysis) is 1. The van der Waals surface area contributed by atoms with Gasteiger partial charge in [-0.3, -0.25) is 4.79 Å². The lowest BCUT2D eigenvalue weighted by molar-refractivity contribution is -0.125. The molecular formula is C31H45N5O4. The zero-order chi connectivity index (χ0) is 28.5. The van der Waals surface area contributed by atoms with Crippen LogP contribution in [-0.4, -0.2) is 52.4 Å². The first kappa shape index (κ1) is 28.6. The Kier molecular flexibility index (Phi) is 8.22. The van der Waals surface area contributed by atoms with E-state index < -0.39 is 17.7 Å². The lowest BCUT2D eigenvalue weighted by atomic mass is 9.85. The van der Waals surface area contributed by atoms with Gasteiger partial charge in [0.05, 0.1) is 0 Å². The average Bonchev–Trinajstić information content (AvgIpc) is 3.82. The Balaban J connectivity index is 1.08. The Morgan fingerprint density at radius 3 is 2.42 bits per heavy atom. The average molecular weight is 552 g/mol. The molecule has 0 radical (unpaired) electrons. The van der Waals surface area contributed by atoms with Gasteiger partial charge in [-0.1, -0.05) is 49.3 Å². The summed E-state index contributed by atoms with van der Waals surface area (Å²) in [5.41, 5.74) is 0.800. The summed E-state index contributed by atoms with van der Waals surface area (Å²) in [5, 5.41) is 14.1. The zero-order valence-corrected chi connectivity index (χ0v) is 24.5. The van der Waals surface area contributed by atoms with E-state index in [9.17, 15) is 9.59 Å². The smallest absolute Gasteiger partial charge is 0.408 e. The SMILES string of the molecule is CC(C)[C@H](NC(=O)OC(C)(C)C)C(=O)NC1CCC(c2nc(C3(CN[C@@H]4C[C@H]4c4ccccc4)CC3)no2)CC1. The molecule has 3 N–H and O–H groups in total. The van der Waals surface area contributed by atoms with Crippen molar-refractivity contribution < 1.29 is 18.8 Å². The van der Waals surface area contributed by atoms with Crippen molar-refractivity contribution in [1.82, 2.24) is 26.1 Å². The van der Waals surface area contributed by atoms with Crippen molar-refractivity contribution in [3.8, 4) is 0 Å². The predicted molar refractivity (Wildman–Crippen MR) is 152 cm³/mol. The number of nitrogens with zero attached hydrogens (tertiary/aromatic N) is 2. The maximum Gasteiger partial charge on any atom is 0.408 e. The van der Waals surface area contributed by atoms with Gasteiger partial charge < -0.3 is 25.2 Å². The molecule has 218 valence electrons. The molecule has 2 aromatic rings. The minimum absolute atomic E-state index is 0.00372. The van der Waals surface area contributed by atoms with Crippen molar-refractivity contribution >= 4 is 12.0 Å². The molecule has 0 spiro atoms. The number of nitrogens with one attached hydrogen (secondary N) is 3. The van der Waals surface area contributed by atoms with Crippen molar-refractivity contribution in [2.24, 2.45) is 5.92 Å². The zero-order valence-electron chi connectivity index (χ0n) is 24.5. The second-order valence-electron chi connectivity index (χ2n) is 13.4. The summed E-state index contributed by atoms with van der Waals surface area (Å²) >= 11 is 0. The second-order valence-corrected chi connectivity index (χ2v) is 13.4. The summed E-state index contributed by atoms with van der Waals surface area (Å²) in [6.45, 7) is 10.1. The first-order chi connectivity index (χ1) is 19.0. The second kappa shape index (κ2) is 11.5. The maximum atomic E-state index is 13.0. The minimum atomic E-state index is -0.645. The van der Waals surface area contributed by atoms with Gasteiger partial charge in [-0.05, 0) is 77.2 Å². The van der Waals surface area contributed by atoms with Gasteiger partial charge in [-0.25, -0.2) is 4.79 Å². The molecule has 9 heteroatoms. The van der Waals surface area contributed by atoms with E-state index in [0.29, 0.717) is 12.0 Å².